The van der Waals surface area contributed by atoms with Gasteiger partial charge in [0.2, 0.25) is 0 Å². The van der Waals surface area contributed by atoms with Crippen molar-refractivity contribution in [2.75, 3.05) is 13.2 Å². The van der Waals surface area contributed by atoms with Crippen LogP contribution in [0.3, 0.4) is 0 Å². The third-order valence-corrected chi connectivity index (χ3v) is 3.13. The summed E-state index contributed by atoms with van der Waals surface area (Å²) in [5.74, 6) is -0.750. The second-order valence-corrected chi connectivity index (χ2v) is 4.18. The molecule has 4 nitrogen and oxygen atoms in total. The Bertz CT molecular complexity index is 271. The number of ether oxygens (including phenoxy) is 1. The molecule has 15 heavy (non-hydrogen) atoms. The second-order valence-electron chi connectivity index (χ2n) is 4.18. The Hall–Kier alpha value is -0.580. The van der Waals surface area contributed by atoms with Crippen molar-refractivity contribution in [3.8, 4) is 0 Å². The lowest BCUT2D eigenvalue weighted by atomic mass is 10.0. The number of rotatable bonds is 5. The van der Waals surface area contributed by atoms with Gasteiger partial charge in [0.05, 0.1) is 13.2 Å². The first-order chi connectivity index (χ1) is 6.68. The lowest BCUT2D eigenvalue weighted by molar-refractivity contribution is -0.139. The van der Waals surface area contributed by atoms with Gasteiger partial charge in [-0.2, -0.15) is 0 Å². The first-order valence-electron chi connectivity index (χ1n) is 4.85. The van der Waals surface area contributed by atoms with Crippen molar-refractivity contribution in [2.24, 2.45) is 5.41 Å². The summed E-state index contributed by atoms with van der Waals surface area (Å²) in [6.45, 7) is 4.77. The summed E-state index contributed by atoms with van der Waals surface area (Å²) in [5, 5.41) is 11.9. The zero-order chi connectivity index (χ0) is 10.2. The van der Waals surface area contributed by atoms with Crippen LogP contribution in [0.15, 0.2) is 12.7 Å². The number of piperidine rings is 1. The lowest BCUT2D eigenvalue weighted by Crippen LogP contribution is -2.33. The predicted octanol–water partition coefficient (Wildman–Crippen LogP) is 0.816. The van der Waals surface area contributed by atoms with Gasteiger partial charge < -0.3 is 15.2 Å². The fourth-order valence-electron chi connectivity index (χ4n) is 2.24. The maximum absolute atomic E-state index is 10.7. The van der Waals surface area contributed by atoms with E-state index in [9.17, 15) is 4.79 Å². The number of hydrogen-bond donors (Lipinski definition) is 2. The number of carbonyl (C=O) groups is 1. The molecule has 0 aromatic heterocycles. The predicted molar refractivity (Wildman–Crippen MR) is 58.3 cm³/mol. The fraction of sp³-hybridized carbons (Fsp3) is 0.700. The van der Waals surface area contributed by atoms with E-state index in [1.54, 1.807) is 6.08 Å². The van der Waals surface area contributed by atoms with Crippen LogP contribution in [0, 0.1) is 5.41 Å². The van der Waals surface area contributed by atoms with Crippen LogP contribution in [0.5, 0.6) is 0 Å². The first-order valence-corrected chi connectivity index (χ1v) is 4.85. The molecule has 1 saturated carbocycles. The van der Waals surface area contributed by atoms with Crippen molar-refractivity contribution >= 4 is 18.4 Å². The third-order valence-electron chi connectivity index (χ3n) is 3.13. The molecule has 2 rings (SSSR count). The van der Waals surface area contributed by atoms with E-state index in [1.165, 1.54) is 0 Å². The van der Waals surface area contributed by atoms with Gasteiger partial charge in [-0.1, -0.05) is 6.08 Å². The van der Waals surface area contributed by atoms with Crippen LogP contribution in [0.1, 0.15) is 12.8 Å². The molecule has 0 spiro atoms. The van der Waals surface area contributed by atoms with Gasteiger partial charge in [0.25, 0.3) is 0 Å². The second kappa shape index (κ2) is 4.51. The normalized spacial score (nSPS) is 36.5. The molecule has 1 heterocycles. The van der Waals surface area contributed by atoms with Crippen LogP contribution in [0.2, 0.25) is 0 Å². The number of carboxylic acid groups (broad SMARTS) is 1. The van der Waals surface area contributed by atoms with E-state index in [0.29, 0.717) is 25.7 Å². The largest absolute Gasteiger partial charge is 0.480 e. The summed E-state index contributed by atoms with van der Waals surface area (Å²) in [6.07, 6.45) is 3.46. The fourth-order valence-corrected chi connectivity index (χ4v) is 2.24. The van der Waals surface area contributed by atoms with Gasteiger partial charge in [0, 0.05) is 11.5 Å². The van der Waals surface area contributed by atoms with Crippen molar-refractivity contribution < 1.29 is 14.6 Å². The zero-order valence-corrected chi connectivity index (χ0v) is 9.26. The summed E-state index contributed by atoms with van der Waals surface area (Å²) >= 11 is 0. The third kappa shape index (κ3) is 2.33. The van der Waals surface area contributed by atoms with Crippen LogP contribution in [0.25, 0.3) is 0 Å². The van der Waals surface area contributed by atoms with Crippen molar-refractivity contribution in [1.29, 1.82) is 0 Å². The van der Waals surface area contributed by atoms with Crippen molar-refractivity contribution in [3.05, 3.63) is 12.7 Å². The molecule has 86 valence electrons. The van der Waals surface area contributed by atoms with Crippen molar-refractivity contribution in [1.82, 2.24) is 5.32 Å². The summed E-state index contributed by atoms with van der Waals surface area (Å²) in [4.78, 5) is 10.7. The molecule has 1 aliphatic heterocycles. The molecule has 2 aliphatic rings. The van der Waals surface area contributed by atoms with Crippen LogP contribution in [0.4, 0.5) is 0 Å². The molecule has 1 aliphatic carbocycles. The van der Waals surface area contributed by atoms with E-state index in [2.05, 4.69) is 11.9 Å². The summed E-state index contributed by atoms with van der Waals surface area (Å²) in [5.41, 5.74) is 0.103. The highest BCUT2D eigenvalue weighted by atomic mass is 35.5. The quantitative estimate of drug-likeness (QED) is 0.545. The monoisotopic (exact) mass is 233 g/mol. The number of halogens is 1. The summed E-state index contributed by atoms with van der Waals surface area (Å²) in [7, 11) is 0. The van der Waals surface area contributed by atoms with E-state index in [1.807, 2.05) is 0 Å². The Balaban J connectivity index is 0.00000112. The SMILES string of the molecule is C=CCOC[C@]12C[C@@H](C(=O)O)N[C@H]1C2.Cl. The molecule has 5 heteroatoms. The Morgan fingerprint density at radius 3 is 2.93 bits per heavy atom. The number of nitrogens with one attached hydrogen (secondary N) is 1. The Morgan fingerprint density at radius 1 is 1.67 bits per heavy atom. The molecule has 0 amide bonds. The topological polar surface area (TPSA) is 58.6 Å². The molecule has 0 aromatic rings. The van der Waals surface area contributed by atoms with Gasteiger partial charge in [-0.05, 0) is 12.8 Å². The van der Waals surface area contributed by atoms with E-state index in [0.717, 1.165) is 6.42 Å². The average molecular weight is 234 g/mol. The maximum Gasteiger partial charge on any atom is 0.320 e. The Labute approximate surface area is 95.1 Å². The Morgan fingerprint density at radius 2 is 2.40 bits per heavy atom. The van der Waals surface area contributed by atoms with Gasteiger partial charge in [-0.25, -0.2) is 0 Å². The van der Waals surface area contributed by atoms with E-state index in [4.69, 9.17) is 9.84 Å². The zero-order valence-electron chi connectivity index (χ0n) is 8.44. The van der Waals surface area contributed by atoms with Gasteiger partial charge in [-0.15, -0.1) is 19.0 Å². The highest BCUT2D eigenvalue weighted by Gasteiger charge is 2.61. The van der Waals surface area contributed by atoms with Crippen LogP contribution < -0.4 is 5.32 Å². The van der Waals surface area contributed by atoms with E-state index in [-0.39, 0.29) is 23.9 Å². The minimum atomic E-state index is -0.750. The smallest absolute Gasteiger partial charge is 0.320 e. The van der Waals surface area contributed by atoms with Gasteiger partial charge in [0.1, 0.15) is 6.04 Å². The van der Waals surface area contributed by atoms with E-state index < -0.39 is 5.97 Å². The number of fused-ring (bicyclic) bond motifs is 1. The average Bonchev–Trinajstić information content (AvgIpc) is 2.69. The molecule has 3 atom stereocenters. The molecular formula is C10H16ClNO3. The number of aliphatic carboxylic acids is 1. The molecule has 0 radical (unpaired) electrons. The molecule has 2 fully saturated rings. The van der Waals surface area contributed by atoms with Crippen LogP contribution >= 0.6 is 12.4 Å². The van der Waals surface area contributed by atoms with Crippen LogP contribution in [-0.2, 0) is 9.53 Å². The van der Waals surface area contributed by atoms with Gasteiger partial charge in [0.15, 0.2) is 0 Å². The molecule has 0 bridgehead atoms. The Kier molecular flexibility index (Phi) is 3.76. The van der Waals surface area contributed by atoms with Gasteiger partial charge >= 0.3 is 5.97 Å². The maximum atomic E-state index is 10.7. The minimum absolute atomic E-state index is 0. The first kappa shape index (κ1) is 12.5. The van der Waals surface area contributed by atoms with Crippen molar-refractivity contribution in [2.45, 2.75) is 24.9 Å². The highest BCUT2D eigenvalue weighted by Crippen LogP contribution is 2.54. The minimum Gasteiger partial charge on any atom is -0.480 e. The molecule has 2 N–H and O–H groups in total. The standard InChI is InChI=1S/C10H15NO3.ClH/c1-2-3-14-6-10-4-7(9(12)13)11-8(10)5-10;/h2,7-8,11H,1,3-6H2,(H,12,13);1H/t7-,8-,10+;/m0./s1. The van der Waals surface area contributed by atoms with E-state index >= 15 is 0 Å². The number of hydrogen-bond acceptors (Lipinski definition) is 3. The highest BCUT2D eigenvalue weighted by molar-refractivity contribution is 5.85. The molecule has 0 aromatic carbocycles. The lowest BCUT2D eigenvalue weighted by Gasteiger charge is -2.12. The van der Waals surface area contributed by atoms with Crippen LogP contribution in [-0.4, -0.2) is 36.4 Å². The molecule has 1 saturated heterocycles. The molecular weight excluding hydrogens is 218 g/mol. The summed E-state index contributed by atoms with van der Waals surface area (Å²) < 4.78 is 5.39. The number of carboxylic acids is 1. The summed E-state index contributed by atoms with van der Waals surface area (Å²) in [6, 6.07) is -0.0190. The van der Waals surface area contributed by atoms with Crippen molar-refractivity contribution in [3.63, 3.8) is 0 Å². The molecule has 0 unspecified atom stereocenters. The van der Waals surface area contributed by atoms with Gasteiger partial charge in [-0.3, -0.25) is 4.79 Å².